The maximum Gasteiger partial charge on any atom is 0.267 e. The number of hydrogen-bond acceptors (Lipinski definition) is 4. The summed E-state index contributed by atoms with van der Waals surface area (Å²) in [6.07, 6.45) is 8.37. The Morgan fingerprint density at radius 2 is 2.21 bits per heavy atom. The molecule has 0 bridgehead atoms. The second-order valence-electron chi connectivity index (χ2n) is 7.02. The minimum atomic E-state index is 0.0640. The van der Waals surface area contributed by atoms with E-state index >= 15 is 0 Å². The number of aryl methyl sites for hydroxylation is 3. The van der Waals surface area contributed by atoms with Crippen LogP contribution in [0, 0.1) is 0 Å². The van der Waals surface area contributed by atoms with Gasteiger partial charge in [0.15, 0.2) is 0 Å². The lowest BCUT2D eigenvalue weighted by molar-refractivity contribution is 0.225. The number of fused-ring (bicyclic) bond motifs is 1. The van der Waals surface area contributed by atoms with Gasteiger partial charge in [0, 0.05) is 44.0 Å². The quantitative estimate of drug-likeness (QED) is 0.827. The summed E-state index contributed by atoms with van der Waals surface area (Å²) in [6.45, 7) is 2.85. The van der Waals surface area contributed by atoms with Gasteiger partial charge in [-0.15, -0.1) is 0 Å². The Morgan fingerprint density at radius 1 is 1.29 bits per heavy atom. The zero-order chi connectivity index (χ0) is 16.5. The van der Waals surface area contributed by atoms with E-state index in [2.05, 4.69) is 21.2 Å². The Labute approximate surface area is 142 Å². The Balaban J connectivity index is 1.44. The highest BCUT2D eigenvalue weighted by atomic mass is 16.1. The number of likely N-dealkylation sites (tertiary alicyclic amines) is 1. The summed E-state index contributed by atoms with van der Waals surface area (Å²) in [5.74, 6) is 0. The lowest BCUT2D eigenvalue weighted by atomic mass is 10.2. The second kappa shape index (κ2) is 6.51. The SMILES string of the molecule is Cn1nccc1CCN1CCCC1Cn1nc2c(cc1=O)CCC2. The lowest BCUT2D eigenvalue weighted by Gasteiger charge is -2.24. The first-order valence-corrected chi connectivity index (χ1v) is 9.01. The van der Waals surface area contributed by atoms with E-state index in [1.54, 1.807) is 4.68 Å². The standard InChI is InChI=1S/C18H25N5O/c1-21-15(7-9-19-21)8-11-22-10-3-5-16(22)13-23-18(24)12-14-4-2-6-17(14)20-23/h7,9,12,16H,2-6,8,10-11,13H2,1H3. The van der Waals surface area contributed by atoms with Crippen molar-refractivity contribution >= 4 is 0 Å². The van der Waals surface area contributed by atoms with Gasteiger partial charge in [-0.05, 0) is 50.3 Å². The van der Waals surface area contributed by atoms with E-state index in [1.165, 1.54) is 12.1 Å². The molecule has 128 valence electrons. The molecule has 3 heterocycles. The lowest BCUT2D eigenvalue weighted by Crippen LogP contribution is -2.38. The number of hydrogen-bond donors (Lipinski definition) is 0. The van der Waals surface area contributed by atoms with E-state index in [-0.39, 0.29) is 5.56 Å². The fraction of sp³-hybridized carbons (Fsp3) is 0.611. The molecule has 6 nitrogen and oxygen atoms in total. The number of nitrogens with zero attached hydrogens (tertiary/aromatic N) is 5. The van der Waals surface area contributed by atoms with Gasteiger partial charge >= 0.3 is 0 Å². The van der Waals surface area contributed by atoms with Crippen molar-refractivity contribution in [1.82, 2.24) is 24.5 Å². The third-order valence-electron chi connectivity index (χ3n) is 5.48. The summed E-state index contributed by atoms with van der Waals surface area (Å²) in [5, 5.41) is 8.87. The summed E-state index contributed by atoms with van der Waals surface area (Å²) >= 11 is 0. The Kier molecular flexibility index (Phi) is 4.22. The minimum absolute atomic E-state index is 0.0640. The molecule has 24 heavy (non-hydrogen) atoms. The molecular formula is C18H25N5O. The average molecular weight is 327 g/mol. The molecule has 4 rings (SSSR count). The van der Waals surface area contributed by atoms with Crippen molar-refractivity contribution in [1.29, 1.82) is 0 Å². The van der Waals surface area contributed by atoms with Crippen LogP contribution >= 0.6 is 0 Å². The topological polar surface area (TPSA) is 56.0 Å². The van der Waals surface area contributed by atoms with Crippen molar-refractivity contribution in [3.05, 3.63) is 45.6 Å². The van der Waals surface area contributed by atoms with Crippen molar-refractivity contribution in [2.45, 2.75) is 51.1 Å². The fourth-order valence-electron chi connectivity index (χ4n) is 4.07. The molecule has 0 saturated carbocycles. The molecule has 1 saturated heterocycles. The van der Waals surface area contributed by atoms with E-state index in [4.69, 9.17) is 0 Å². The van der Waals surface area contributed by atoms with Crippen molar-refractivity contribution in [2.24, 2.45) is 7.05 Å². The highest BCUT2D eigenvalue weighted by Gasteiger charge is 2.26. The van der Waals surface area contributed by atoms with E-state index in [0.717, 1.165) is 63.0 Å². The van der Waals surface area contributed by atoms with Crippen LogP contribution in [0.1, 0.15) is 36.2 Å². The van der Waals surface area contributed by atoms with Gasteiger partial charge < -0.3 is 0 Å². The monoisotopic (exact) mass is 327 g/mol. The predicted octanol–water partition coefficient (Wildman–Crippen LogP) is 1.17. The third kappa shape index (κ3) is 3.02. The fourth-order valence-corrected chi connectivity index (χ4v) is 4.07. The van der Waals surface area contributed by atoms with Crippen molar-refractivity contribution in [3.63, 3.8) is 0 Å². The van der Waals surface area contributed by atoms with Crippen LogP contribution in [0.3, 0.4) is 0 Å². The Morgan fingerprint density at radius 3 is 3.04 bits per heavy atom. The van der Waals surface area contributed by atoms with Gasteiger partial charge in [-0.3, -0.25) is 14.4 Å². The van der Waals surface area contributed by atoms with Gasteiger partial charge in [0.2, 0.25) is 0 Å². The Bertz CT molecular complexity index is 778. The smallest absolute Gasteiger partial charge is 0.267 e. The number of rotatable bonds is 5. The molecule has 0 radical (unpaired) electrons. The van der Waals surface area contributed by atoms with Crippen LogP contribution in [0.15, 0.2) is 23.1 Å². The molecule has 2 aromatic heterocycles. The molecule has 1 aliphatic carbocycles. The van der Waals surface area contributed by atoms with Crippen LogP contribution in [-0.4, -0.2) is 43.6 Å². The molecule has 0 aromatic carbocycles. The van der Waals surface area contributed by atoms with E-state index < -0.39 is 0 Å². The molecular weight excluding hydrogens is 302 g/mol. The highest BCUT2D eigenvalue weighted by Crippen LogP contribution is 2.20. The minimum Gasteiger partial charge on any atom is -0.298 e. The van der Waals surface area contributed by atoms with E-state index in [9.17, 15) is 4.79 Å². The molecule has 1 aliphatic heterocycles. The van der Waals surface area contributed by atoms with Gasteiger partial charge in [-0.2, -0.15) is 10.2 Å². The van der Waals surface area contributed by atoms with Crippen LogP contribution in [0.2, 0.25) is 0 Å². The highest BCUT2D eigenvalue weighted by molar-refractivity contribution is 5.22. The molecule has 0 spiro atoms. The molecule has 1 fully saturated rings. The molecule has 1 atom stereocenters. The first-order valence-electron chi connectivity index (χ1n) is 9.01. The molecule has 6 heteroatoms. The van der Waals surface area contributed by atoms with Crippen LogP contribution in [0.25, 0.3) is 0 Å². The van der Waals surface area contributed by atoms with E-state index in [0.29, 0.717) is 6.04 Å². The van der Waals surface area contributed by atoms with Crippen molar-refractivity contribution in [3.8, 4) is 0 Å². The van der Waals surface area contributed by atoms with Crippen LogP contribution in [0.5, 0.6) is 0 Å². The summed E-state index contributed by atoms with van der Waals surface area (Å²) in [4.78, 5) is 14.8. The normalized spacial score (nSPS) is 20.6. The van der Waals surface area contributed by atoms with Crippen LogP contribution in [-0.2, 0) is 32.9 Å². The largest absolute Gasteiger partial charge is 0.298 e. The van der Waals surface area contributed by atoms with Crippen LogP contribution in [0.4, 0.5) is 0 Å². The van der Waals surface area contributed by atoms with Crippen molar-refractivity contribution < 1.29 is 0 Å². The molecule has 1 unspecified atom stereocenters. The van der Waals surface area contributed by atoms with Gasteiger partial charge in [-0.1, -0.05) is 0 Å². The summed E-state index contributed by atoms with van der Waals surface area (Å²) in [6, 6.07) is 4.31. The first-order chi connectivity index (χ1) is 11.7. The summed E-state index contributed by atoms with van der Waals surface area (Å²) in [5.41, 5.74) is 3.62. The molecule has 0 amide bonds. The van der Waals surface area contributed by atoms with Gasteiger partial charge in [-0.25, -0.2) is 4.68 Å². The molecule has 2 aliphatic rings. The number of aromatic nitrogens is 4. The van der Waals surface area contributed by atoms with Gasteiger partial charge in [0.25, 0.3) is 5.56 Å². The summed E-state index contributed by atoms with van der Waals surface area (Å²) < 4.78 is 3.65. The molecule has 2 aromatic rings. The predicted molar refractivity (Wildman–Crippen MR) is 92.0 cm³/mol. The first kappa shape index (κ1) is 15.6. The zero-order valence-corrected chi connectivity index (χ0v) is 14.3. The average Bonchev–Trinajstić information content (AvgIpc) is 3.28. The van der Waals surface area contributed by atoms with Crippen LogP contribution < -0.4 is 5.56 Å². The zero-order valence-electron chi connectivity index (χ0n) is 14.3. The van der Waals surface area contributed by atoms with Crippen molar-refractivity contribution in [2.75, 3.05) is 13.1 Å². The molecule has 0 N–H and O–H groups in total. The second-order valence-corrected chi connectivity index (χ2v) is 7.02. The summed E-state index contributed by atoms with van der Waals surface area (Å²) in [7, 11) is 1.99. The maximum atomic E-state index is 12.3. The Hall–Kier alpha value is -1.95. The third-order valence-corrected chi connectivity index (χ3v) is 5.48. The van der Waals surface area contributed by atoms with E-state index in [1.807, 2.05) is 24.0 Å². The van der Waals surface area contributed by atoms with Gasteiger partial charge in [0.1, 0.15) is 0 Å². The van der Waals surface area contributed by atoms with Gasteiger partial charge in [0.05, 0.1) is 12.2 Å². The maximum absolute atomic E-state index is 12.3.